The Labute approximate surface area is 146 Å². The van der Waals surface area contributed by atoms with Gasteiger partial charge in [-0.15, -0.1) is 10.2 Å². The number of benzene rings is 1. The van der Waals surface area contributed by atoms with E-state index < -0.39 is 11.7 Å². The van der Waals surface area contributed by atoms with Crippen LogP contribution in [0.1, 0.15) is 16.1 Å². The van der Waals surface area contributed by atoms with E-state index in [4.69, 9.17) is 10.5 Å². The maximum absolute atomic E-state index is 14.0. The summed E-state index contributed by atoms with van der Waals surface area (Å²) < 4.78 is 20.8. The van der Waals surface area contributed by atoms with E-state index in [1.54, 1.807) is 23.5 Å². The zero-order valence-corrected chi connectivity index (χ0v) is 13.9. The van der Waals surface area contributed by atoms with Crippen LogP contribution >= 0.6 is 0 Å². The maximum atomic E-state index is 14.0. The lowest BCUT2D eigenvalue weighted by atomic mass is 10.1. The van der Waals surface area contributed by atoms with Crippen molar-refractivity contribution in [2.45, 2.75) is 6.92 Å². The van der Waals surface area contributed by atoms with Gasteiger partial charge in [-0.2, -0.15) is 4.98 Å². The first-order chi connectivity index (χ1) is 12.5. The van der Waals surface area contributed by atoms with Crippen LogP contribution in [-0.2, 0) is 0 Å². The highest BCUT2D eigenvalue weighted by molar-refractivity contribution is 5.94. The maximum Gasteiger partial charge on any atom is 0.248 e. The van der Waals surface area contributed by atoms with Crippen molar-refractivity contribution in [1.82, 2.24) is 24.6 Å². The van der Waals surface area contributed by atoms with E-state index in [0.717, 1.165) is 6.07 Å². The number of nitrogens with zero attached hydrogens (tertiary/aromatic N) is 5. The molecule has 8 nitrogen and oxygen atoms in total. The number of rotatable bonds is 3. The van der Waals surface area contributed by atoms with E-state index in [9.17, 15) is 9.18 Å². The minimum absolute atomic E-state index is 0.0475. The van der Waals surface area contributed by atoms with E-state index >= 15 is 0 Å². The lowest BCUT2D eigenvalue weighted by Crippen LogP contribution is -2.11. The molecule has 0 atom stereocenters. The van der Waals surface area contributed by atoms with Gasteiger partial charge in [0.25, 0.3) is 0 Å². The topological polar surface area (TPSA) is 108 Å². The summed E-state index contributed by atoms with van der Waals surface area (Å²) in [4.78, 5) is 20.4. The third-order valence-electron chi connectivity index (χ3n) is 3.96. The van der Waals surface area contributed by atoms with E-state index in [1.807, 2.05) is 0 Å². The second-order valence-electron chi connectivity index (χ2n) is 5.67. The van der Waals surface area contributed by atoms with Crippen molar-refractivity contribution in [2.75, 3.05) is 7.11 Å². The molecule has 3 aromatic heterocycles. The first-order valence-electron chi connectivity index (χ1n) is 7.65. The van der Waals surface area contributed by atoms with Crippen molar-refractivity contribution >= 4 is 22.7 Å². The summed E-state index contributed by atoms with van der Waals surface area (Å²) in [6.45, 7) is 1.76. The predicted molar refractivity (Wildman–Crippen MR) is 91.3 cm³/mol. The lowest BCUT2D eigenvalue weighted by molar-refractivity contribution is 0.1000. The number of carbonyl (C=O) groups is 1. The number of primary amides is 1. The number of pyridine rings is 1. The number of nitrogens with two attached hydrogens (primary N) is 1. The van der Waals surface area contributed by atoms with Crippen LogP contribution in [0.2, 0.25) is 0 Å². The van der Waals surface area contributed by atoms with Crippen LogP contribution < -0.4 is 10.5 Å². The molecular formula is C17H13FN6O2. The highest BCUT2D eigenvalue weighted by Gasteiger charge is 2.18. The molecule has 0 spiro atoms. The number of ether oxygens (including phenoxy) is 1. The summed E-state index contributed by atoms with van der Waals surface area (Å²) in [6.07, 6.45) is 0. The summed E-state index contributed by atoms with van der Waals surface area (Å²) in [5.74, 6) is -0.559. The van der Waals surface area contributed by atoms with Crippen LogP contribution in [0.5, 0.6) is 5.88 Å². The molecule has 1 amide bonds. The number of aryl methyl sites for hydroxylation is 1. The van der Waals surface area contributed by atoms with Crippen LogP contribution in [0.15, 0.2) is 30.3 Å². The normalized spacial score (nSPS) is 11.2. The highest BCUT2D eigenvalue weighted by atomic mass is 19.1. The number of methoxy groups -OCH3 is 1. The smallest absolute Gasteiger partial charge is 0.248 e. The molecule has 1 aromatic carbocycles. The van der Waals surface area contributed by atoms with Crippen molar-refractivity contribution in [3.8, 4) is 17.3 Å². The molecule has 0 bridgehead atoms. The molecule has 26 heavy (non-hydrogen) atoms. The Morgan fingerprint density at radius 3 is 2.69 bits per heavy atom. The molecule has 0 aliphatic rings. The fourth-order valence-corrected chi connectivity index (χ4v) is 2.77. The number of carbonyl (C=O) groups excluding carboxylic acids is 1. The SMILES string of the molecule is COc1ccc2nnc3c(C)nc(-c4cc(F)cc(C(N)=O)c4)n3c2n1. The molecule has 0 unspecified atom stereocenters. The van der Waals surface area contributed by atoms with Crippen molar-refractivity contribution < 1.29 is 13.9 Å². The number of hydrogen-bond acceptors (Lipinski definition) is 6. The molecule has 3 heterocycles. The molecule has 9 heteroatoms. The number of aromatic nitrogens is 5. The minimum Gasteiger partial charge on any atom is -0.481 e. The Hall–Kier alpha value is -3.62. The molecule has 0 saturated carbocycles. The summed E-state index contributed by atoms with van der Waals surface area (Å²) in [5, 5.41) is 8.31. The van der Waals surface area contributed by atoms with Crippen LogP contribution in [0.3, 0.4) is 0 Å². The Kier molecular flexibility index (Phi) is 3.50. The van der Waals surface area contributed by atoms with Gasteiger partial charge < -0.3 is 10.5 Å². The van der Waals surface area contributed by atoms with Crippen LogP contribution in [0, 0.1) is 12.7 Å². The van der Waals surface area contributed by atoms with Crippen molar-refractivity contribution in [3.05, 3.63) is 47.4 Å². The standard InChI is InChI=1S/C17H13FN6O2/c1-8-15-23-22-12-3-4-13(26-2)21-17(12)24(15)16(20-8)10-5-9(14(19)25)6-11(18)7-10/h3-7H,1-2H3,(H2,19,25). The van der Waals surface area contributed by atoms with Gasteiger partial charge >= 0.3 is 0 Å². The van der Waals surface area contributed by atoms with Gasteiger partial charge in [-0.05, 0) is 31.2 Å². The Morgan fingerprint density at radius 2 is 1.96 bits per heavy atom. The molecule has 4 aromatic rings. The van der Waals surface area contributed by atoms with E-state index in [0.29, 0.717) is 39.8 Å². The van der Waals surface area contributed by atoms with E-state index in [-0.39, 0.29) is 5.56 Å². The predicted octanol–water partition coefficient (Wildman–Crippen LogP) is 1.89. The van der Waals surface area contributed by atoms with Crippen molar-refractivity contribution in [3.63, 3.8) is 0 Å². The number of hydrogen-bond donors (Lipinski definition) is 1. The van der Waals surface area contributed by atoms with Gasteiger partial charge in [-0.25, -0.2) is 9.37 Å². The molecular weight excluding hydrogens is 339 g/mol. The monoisotopic (exact) mass is 352 g/mol. The largest absolute Gasteiger partial charge is 0.481 e. The molecule has 0 aliphatic carbocycles. The second kappa shape index (κ2) is 5.73. The van der Waals surface area contributed by atoms with Gasteiger partial charge in [0.15, 0.2) is 11.3 Å². The molecule has 0 fully saturated rings. The first-order valence-corrected chi connectivity index (χ1v) is 7.65. The van der Waals surface area contributed by atoms with Gasteiger partial charge in [0.05, 0.1) is 12.8 Å². The van der Waals surface area contributed by atoms with E-state index in [1.165, 1.54) is 19.2 Å². The highest BCUT2D eigenvalue weighted by Crippen LogP contribution is 2.26. The Balaban J connectivity index is 2.10. The Bertz CT molecular complexity index is 1190. The number of fused-ring (bicyclic) bond motifs is 3. The van der Waals surface area contributed by atoms with Gasteiger partial charge in [0.2, 0.25) is 11.8 Å². The molecule has 4 rings (SSSR count). The van der Waals surface area contributed by atoms with E-state index in [2.05, 4.69) is 20.2 Å². The van der Waals surface area contributed by atoms with Crippen LogP contribution in [-0.4, -0.2) is 37.6 Å². The third kappa shape index (κ3) is 2.41. The third-order valence-corrected chi connectivity index (χ3v) is 3.96. The lowest BCUT2D eigenvalue weighted by Gasteiger charge is -2.07. The number of halogens is 1. The fraction of sp³-hybridized carbons (Fsp3) is 0.118. The number of imidazole rings is 1. The summed E-state index contributed by atoms with van der Waals surface area (Å²) in [7, 11) is 1.51. The van der Waals surface area contributed by atoms with Crippen LogP contribution in [0.25, 0.3) is 28.2 Å². The molecule has 0 radical (unpaired) electrons. The van der Waals surface area contributed by atoms with Crippen molar-refractivity contribution in [2.24, 2.45) is 5.73 Å². The number of amides is 1. The van der Waals surface area contributed by atoms with Gasteiger partial charge in [-0.1, -0.05) is 0 Å². The van der Waals surface area contributed by atoms with Gasteiger partial charge in [0, 0.05) is 17.2 Å². The first kappa shape index (κ1) is 15.9. The molecule has 2 N–H and O–H groups in total. The van der Waals surface area contributed by atoms with Crippen LogP contribution in [0.4, 0.5) is 4.39 Å². The molecule has 0 aliphatic heterocycles. The molecule has 0 saturated heterocycles. The van der Waals surface area contributed by atoms with Crippen molar-refractivity contribution in [1.29, 1.82) is 0 Å². The van der Waals surface area contributed by atoms with Gasteiger partial charge in [0.1, 0.15) is 17.2 Å². The zero-order valence-electron chi connectivity index (χ0n) is 13.9. The Morgan fingerprint density at radius 1 is 1.15 bits per heavy atom. The zero-order chi connectivity index (χ0) is 18.4. The average molecular weight is 352 g/mol. The summed E-state index contributed by atoms with van der Waals surface area (Å²) >= 11 is 0. The quantitative estimate of drug-likeness (QED) is 0.603. The molecule has 130 valence electrons. The fourth-order valence-electron chi connectivity index (χ4n) is 2.77. The average Bonchev–Trinajstić information content (AvgIpc) is 2.98. The summed E-state index contributed by atoms with van der Waals surface area (Å²) in [5.41, 5.74) is 7.74. The minimum atomic E-state index is -0.729. The summed E-state index contributed by atoms with van der Waals surface area (Å²) in [6, 6.07) is 7.21. The van der Waals surface area contributed by atoms with Gasteiger partial charge in [-0.3, -0.25) is 9.20 Å². The second-order valence-corrected chi connectivity index (χ2v) is 5.67.